The van der Waals surface area contributed by atoms with Crippen LogP contribution >= 0.6 is 0 Å². The van der Waals surface area contributed by atoms with E-state index in [9.17, 15) is 23.1 Å². The molecule has 0 radical (unpaired) electrons. The van der Waals surface area contributed by atoms with Crippen LogP contribution in [0.5, 0.6) is 5.88 Å². The zero-order chi connectivity index (χ0) is 20.1. The van der Waals surface area contributed by atoms with Crippen LogP contribution in [0.2, 0.25) is 0 Å². The van der Waals surface area contributed by atoms with Gasteiger partial charge in [0.1, 0.15) is 5.52 Å². The number of hydrogen-bond acceptors (Lipinski definition) is 3. The molecule has 0 bridgehead atoms. The number of benzene rings is 2. The summed E-state index contributed by atoms with van der Waals surface area (Å²) in [5.41, 5.74) is 1.59. The molecule has 0 aliphatic rings. The topological polar surface area (TPSA) is 64.3 Å². The predicted molar refractivity (Wildman–Crippen MR) is 97.1 cm³/mol. The second-order valence-corrected chi connectivity index (χ2v) is 6.14. The molecule has 0 atom stereocenters. The SMILES string of the molecule is COc1ccc2c(n1)c1cc(C(=O)O)ccc1n2-c1ccc(C(F)(F)F)cc1. The van der Waals surface area contributed by atoms with Gasteiger partial charge in [0.25, 0.3) is 0 Å². The average Bonchev–Trinajstić information content (AvgIpc) is 3.00. The van der Waals surface area contributed by atoms with Gasteiger partial charge in [0.15, 0.2) is 0 Å². The number of carbonyl (C=O) groups is 1. The molecule has 0 saturated carbocycles. The van der Waals surface area contributed by atoms with E-state index in [0.29, 0.717) is 33.5 Å². The van der Waals surface area contributed by atoms with Gasteiger partial charge in [-0.2, -0.15) is 13.2 Å². The highest BCUT2D eigenvalue weighted by Gasteiger charge is 2.30. The summed E-state index contributed by atoms with van der Waals surface area (Å²) >= 11 is 0. The molecule has 8 heteroatoms. The Kier molecular flexibility index (Phi) is 3.99. The van der Waals surface area contributed by atoms with Crippen LogP contribution in [0, 0.1) is 0 Å². The lowest BCUT2D eigenvalue weighted by Gasteiger charge is -2.10. The minimum Gasteiger partial charge on any atom is -0.481 e. The number of pyridine rings is 1. The molecule has 2 heterocycles. The Bertz CT molecular complexity index is 1210. The Balaban J connectivity index is 2.02. The fourth-order valence-corrected chi connectivity index (χ4v) is 3.19. The van der Waals surface area contributed by atoms with E-state index in [1.165, 1.54) is 31.4 Å². The molecular weight excluding hydrogens is 373 g/mol. The van der Waals surface area contributed by atoms with Crippen molar-refractivity contribution in [1.29, 1.82) is 0 Å². The molecule has 0 aliphatic heterocycles. The van der Waals surface area contributed by atoms with Crippen LogP contribution in [0.4, 0.5) is 13.2 Å². The number of fused-ring (bicyclic) bond motifs is 3. The van der Waals surface area contributed by atoms with Crippen molar-refractivity contribution in [3.05, 3.63) is 65.7 Å². The van der Waals surface area contributed by atoms with Crippen LogP contribution in [-0.4, -0.2) is 27.7 Å². The van der Waals surface area contributed by atoms with E-state index < -0.39 is 17.7 Å². The van der Waals surface area contributed by atoms with Crippen LogP contribution in [0.3, 0.4) is 0 Å². The number of nitrogens with zero attached hydrogens (tertiary/aromatic N) is 2. The number of aromatic nitrogens is 2. The second kappa shape index (κ2) is 6.26. The number of rotatable bonds is 3. The highest BCUT2D eigenvalue weighted by Crippen LogP contribution is 2.34. The fraction of sp³-hybridized carbons (Fsp3) is 0.100. The van der Waals surface area contributed by atoms with Crippen LogP contribution in [0.15, 0.2) is 54.6 Å². The number of ether oxygens (including phenoxy) is 1. The predicted octanol–water partition coefficient (Wildman–Crippen LogP) is 4.90. The van der Waals surface area contributed by atoms with E-state index >= 15 is 0 Å². The highest BCUT2D eigenvalue weighted by atomic mass is 19.4. The first kappa shape index (κ1) is 17.8. The standard InChI is InChI=1S/C20H13F3N2O3/c1-28-17-9-8-16-18(24-17)14-10-11(19(26)27)2-7-15(14)25(16)13-5-3-12(4-6-13)20(21,22)23/h2-10H,1H3,(H,26,27). The van der Waals surface area contributed by atoms with Crippen molar-refractivity contribution < 1.29 is 27.8 Å². The number of halogens is 3. The second-order valence-electron chi connectivity index (χ2n) is 6.14. The molecule has 0 spiro atoms. The van der Waals surface area contributed by atoms with E-state index in [1.54, 1.807) is 22.8 Å². The number of carboxylic acid groups (broad SMARTS) is 1. The first-order chi connectivity index (χ1) is 13.3. The van der Waals surface area contributed by atoms with Crippen molar-refractivity contribution in [2.75, 3.05) is 7.11 Å². The third-order valence-corrected chi connectivity index (χ3v) is 4.49. The number of methoxy groups -OCH3 is 1. The zero-order valence-corrected chi connectivity index (χ0v) is 14.5. The summed E-state index contributed by atoms with van der Waals surface area (Å²) in [4.78, 5) is 15.8. The number of alkyl halides is 3. The van der Waals surface area contributed by atoms with Crippen LogP contribution in [0.1, 0.15) is 15.9 Å². The van der Waals surface area contributed by atoms with Crippen LogP contribution in [0.25, 0.3) is 27.6 Å². The number of hydrogen-bond donors (Lipinski definition) is 1. The molecule has 4 rings (SSSR count). The molecule has 0 saturated heterocycles. The van der Waals surface area contributed by atoms with Gasteiger partial charge in [-0.3, -0.25) is 0 Å². The summed E-state index contributed by atoms with van der Waals surface area (Å²) in [6.07, 6.45) is -4.43. The normalized spacial score (nSPS) is 11.9. The third kappa shape index (κ3) is 2.83. The fourth-order valence-electron chi connectivity index (χ4n) is 3.19. The van der Waals surface area contributed by atoms with Gasteiger partial charge in [-0.15, -0.1) is 0 Å². The molecule has 142 valence electrons. The van der Waals surface area contributed by atoms with Gasteiger partial charge < -0.3 is 14.4 Å². The molecule has 4 aromatic rings. The Labute approximate surface area is 156 Å². The summed E-state index contributed by atoms with van der Waals surface area (Å²) in [5, 5.41) is 9.85. The summed E-state index contributed by atoms with van der Waals surface area (Å²) in [6.45, 7) is 0. The lowest BCUT2D eigenvalue weighted by Crippen LogP contribution is -2.05. The van der Waals surface area contributed by atoms with Crippen molar-refractivity contribution in [2.45, 2.75) is 6.18 Å². The van der Waals surface area contributed by atoms with Gasteiger partial charge in [-0.25, -0.2) is 9.78 Å². The van der Waals surface area contributed by atoms with Crippen molar-refractivity contribution in [1.82, 2.24) is 9.55 Å². The summed E-state index contributed by atoms with van der Waals surface area (Å²) in [5.74, 6) is -0.736. The average molecular weight is 386 g/mol. The van der Waals surface area contributed by atoms with Crippen molar-refractivity contribution >= 4 is 27.9 Å². The van der Waals surface area contributed by atoms with E-state index in [4.69, 9.17) is 4.74 Å². The summed E-state index contributed by atoms with van der Waals surface area (Å²) < 4.78 is 45.5. The van der Waals surface area contributed by atoms with Crippen LogP contribution in [-0.2, 0) is 6.18 Å². The lowest BCUT2D eigenvalue weighted by molar-refractivity contribution is -0.137. The molecule has 0 aliphatic carbocycles. The number of aromatic carboxylic acids is 1. The molecule has 1 N–H and O–H groups in total. The molecule has 2 aromatic carbocycles. The third-order valence-electron chi connectivity index (χ3n) is 4.49. The molecule has 5 nitrogen and oxygen atoms in total. The van der Waals surface area contributed by atoms with E-state index in [1.807, 2.05) is 0 Å². The van der Waals surface area contributed by atoms with Gasteiger partial charge in [-0.1, -0.05) is 0 Å². The van der Waals surface area contributed by atoms with Gasteiger partial charge in [-0.05, 0) is 48.5 Å². The first-order valence-electron chi connectivity index (χ1n) is 8.20. The quantitative estimate of drug-likeness (QED) is 0.544. The van der Waals surface area contributed by atoms with Gasteiger partial charge >= 0.3 is 12.1 Å². The lowest BCUT2D eigenvalue weighted by atomic mass is 10.1. The Morgan fingerprint density at radius 2 is 1.71 bits per heavy atom. The van der Waals surface area contributed by atoms with E-state index in [2.05, 4.69) is 4.98 Å². The maximum absolute atomic E-state index is 12.9. The van der Waals surface area contributed by atoms with Crippen molar-refractivity contribution in [3.8, 4) is 11.6 Å². The highest BCUT2D eigenvalue weighted by molar-refractivity contribution is 6.09. The Hall–Kier alpha value is -3.55. The minimum absolute atomic E-state index is 0.0867. The minimum atomic E-state index is -4.43. The molecule has 0 fully saturated rings. The van der Waals surface area contributed by atoms with Crippen LogP contribution < -0.4 is 4.74 Å². The molecule has 28 heavy (non-hydrogen) atoms. The molecule has 2 aromatic heterocycles. The Morgan fingerprint density at radius 3 is 2.32 bits per heavy atom. The maximum atomic E-state index is 12.9. The largest absolute Gasteiger partial charge is 0.481 e. The zero-order valence-electron chi connectivity index (χ0n) is 14.5. The maximum Gasteiger partial charge on any atom is 0.416 e. The number of carboxylic acids is 1. The van der Waals surface area contributed by atoms with Gasteiger partial charge in [0, 0.05) is 17.1 Å². The smallest absolute Gasteiger partial charge is 0.416 e. The van der Waals surface area contributed by atoms with Gasteiger partial charge in [0.2, 0.25) is 5.88 Å². The monoisotopic (exact) mass is 386 g/mol. The summed E-state index contributed by atoms with van der Waals surface area (Å²) in [6, 6.07) is 12.7. The van der Waals surface area contributed by atoms with Crippen molar-refractivity contribution in [2.24, 2.45) is 0 Å². The van der Waals surface area contributed by atoms with Gasteiger partial charge in [0.05, 0.1) is 29.3 Å². The summed E-state index contributed by atoms with van der Waals surface area (Å²) in [7, 11) is 1.46. The molecule has 0 unspecified atom stereocenters. The molecule has 0 amide bonds. The first-order valence-corrected chi connectivity index (χ1v) is 8.20. The van der Waals surface area contributed by atoms with Crippen molar-refractivity contribution in [3.63, 3.8) is 0 Å². The van der Waals surface area contributed by atoms with E-state index in [0.717, 1.165) is 12.1 Å². The Morgan fingerprint density at radius 1 is 1.04 bits per heavy atom. The molecular formula is C20H13F3N2O3. The van der Waals surface area contributed by atoms with E-state index in [-0.39, 0.29) is 5.56 Å².